The smallest absolute Gasteiger partial charge is 0.307 e. The van der Waals surface area contributed by atoms with Crippen LogP contribution in [0.15, 0.2) is 30.5 Å². The lowest BCUT2D eigenvalue weighted by Gasteiger charge is -2.13. The summed E-state index contributed by atoms with van der Waals surface area (Å²) in [4.78, 5) is 16.6. The Labute approximate surface area is 122 Å². The van der Waals surface area contributed by atoms with Crippen molar-refractivity contribution in [3.8, 4) is 5.75 Å². The van der Waals surface area contributed by atoms with Gasteiger partial charge in [-0.15, -0.1) is 11.3 Å². The summed E-state index contributed by atoms with van der Waals surface area (Å²) in [5.41, 5.74) is 0.920. The molecule has 1 aromatic heterocycles. The maximum atomic E-state index is 11.5. The summed E-state index contributed by atoms with van der Waals surface area (Å²) in [7, 11) is 1.60. The summed E-state index contributed by atoms with van der Waals surface area (Å²) >= 11 is 1.55. The van der Waals surface area contributed by atoms with Gasteiger partial charge < -0.3 is 9.84 Å². The molecule has 5 heteroatoms. The van der Waals surface area contributed by atoms with Crippen LogP contribution in [0.2, 0.25) is 0 Å². The third-order valence-corrected chi connectivity index (χ3v) is 4.06. The number of hydrogen-bond donors (Lipinski definition) is 1. The van der Waals surface area contributed by atoms with Crippen LogP contribution in [0.5, 0.6) is 5.75 Å². The number of ether oxygens (including phenoxy) is 1. The number of nitrogens with zero attached hydrogens (tertiary/aromatic N) is 1. The number of aliphatic carboxylic acids is 1. The Morgan fingerprint density at radius 1 is 1.40 bits per heavy atom. The summed E-state index contributed by atoms with van der Waals surface area (Å²) in [6, 6.07) is 7.54. The van der Waals surface area contributed by atoms with Crippen LogP contribution in [0.25, 0.3) is 0 Å². The van der Waals surface area contributed by atoms with Crippen molar-refractivity contribution in [2.24, 2.45) is 5.92 Å². The molecule has 20 heavy (non-hydrogen) atoms. The van der Waals surface area contributed by atoms with E-state index in [1.807, 2.05) is 31.2 Å². The Hall–Kier alpha value is -1.88. The van der Waals surface area contributed by atoms with Gasteiger partial charge in [-0.2, -0.15) is 0 Å². The van der Waals surface area contributed by atoms with Gasteiger partial charge in [0.25, 0.3) is 0 Å². The fraction of sp³-hybridized carbons (Fsp3) is 0.333. The first-order valence-corrected chi connectivity index (χ1v) is 7.17. The van der Waals surface area contributed by atoms with Gasteiger partial charge in [-0.1, -0.05) is 18.2 Å². The zero-order chi connectivity index (χ0) is 14.5. The second kappa shape index (κ2) is 6.52. The zero-order valence-electron chi connectivity index (χ0n) is 11.5. The average molecular weight is 291 g/mol. The Morgan fingerprint density at radius 2 is 2.15 bits per heavy atom. The predicted octanol–water partition coefficient (Wildman–Crippen LogP) is 2.95. The standard InChI is InChI=1S/C15H17NO3S/c1-10-16-9-13(20-10)8-12(15(17)18)7-11-5-3-4-6-14(11)19-2/h3-6,9,12H,7-8H2,1-2H3,(H,17,18). The number of carboxylic acids is 1. The molecule has 106 valence electrons. The van der Waals surface area contributed by atoms with E-state index in [9.17, 15) is 9.90 Å². The zero-order valence-corrected chi connectivity index (χ0v) is 12.3. The minimum Gasteiger partial charge on any atom is -0.496 e. The van der Waals surface area contributed by atoms with E-state index in [1.165, 1.54) is 0 Å². The van der Waals surface area contributed by atoms with Gasteiger partial charge in [0.1, 0.15) is 5.75 Å². The quantitative estimate of drug-likeness (QED) is 0.889. The Balaban J connectivity index is 2.15. The van der Waals surface area contributed by atoms with Crippen LogP contribution in [0.4, 0.5) is 0 Å². The van der Waals surface area contributed by atoms with Crippen LogP contribution in [0, 0.1) is 12.8 Å². The molecule has 1 unspecified atom stereocenters. The van der Waals surface area contributed by atoms with Crippen molar-refractivity contribution in [1.29, 1.82) is 0 Å². The highest BCUT2D eigenvalue weighted by Crippen LogP contribution is 2.24. The third kappa shape index (κ3) is 3.57. The van der Waals surface area contributed by atoms with Gasteiger partial charge >= 0.3 is 5.97 Å². The molecular formula is C15H17NO3S. The highest BCUT2D eigenvalue weighted by atomic mass is 32.1. The monoisotopic (exact) mass is 291 g/mol. The number of carbonyl (C=O) groups is 1. The Kier molecular flexibility index (Phi) is 4.74. The van der Waals surface area contributed by atoms with E-state index in [4.69, 9.17) is 4.74 Å². The lowest BCUT2D eigenvalue weighted by molar-refractivity contribution is -0.141. The molecule has 0 aliphatic rings. The summed E-state index contributed by atoms with van der Waals surface area (Å²) < 4.78 is 5.28. The second-order valence-electron chi connectivity index (χ2n) is 4.60. The fourth-order valence-corrected chi connectivity index (χ4v) is 3.00. The van der Waals surface area contributed by atoms with E-state index in [0.29, 0.717) is 12.8 Å². The molecule has 1 heterocycles. The number of para-hydroxylation sites is 1. The van der Waals surface area contributed by atoms with Gasteiger partial charge in [0.2, 0.25) is 0 Å². The van der Waals surface area contributed by atoms with Gasteiger partial charge in [-0.05, 0) is 31.4 Å². The molecule has 1 atom stereocenters. The maximum Gasteiger partial charge on any atom is 0.307 e. The molecule has 0 spiro atoms. The van der Waals surface area contributed by atoms with Gasteiger partial charge in [0, 0.05) is 11.1 Å². The predicted molar refractivity (Wildman–Crippen MR) is 78.4 cm³/mol. The number of aromatic nitrogens is 1. The SMILES string of the molecule is COc1ccccc1CC(Cc1cnc(C)s1)C(=O)O. The first kappa shape index (κ1) is 14.5. The molecule has 0 aliphatic carbocycles. The number of benzene rings is 1. The molecule has 0 saturated heterocycles. The molecule has 0 amide bonds. The largest absolute Gasteiger partial charge is 0.496 e. The van der Waals surface area contributed by atoms with Crippen LogP contribution in [-0.2, 0) is 17.6 Å². The highest BCUT2D eigenvalue weighted by Gasteiger charge is 2.21. The summed E-state index contributed by atoms with van der Waals surface area (Å²) in [6.45, 7) is 1.92. The third-order valence-electron chi connectivity index (χ3n) is 3.12. The van der Waals surface area contributed by atoms with Crippen LogP contribution >= 0.6 is 11.3 Å². The van der Waals surface area contributed by atoms with Crippen molar-refractivity contribution in [2.75, 3.05) is 7.11 Å². The van der Waals surface area contributed by atoms with Crippen LogP contribution < -0.4 is 4.74 Å². The van der Waals surface area contributed by atoms with Crippen molar-refractivity contribution in [3.05, 3.63) is 45.9 Å². The summed E-state index contributed by atoms with van der Waals surface area (Å²) in [5.74, 6) is -0.521. The number of carboxylic acid groups (broad SMARTS) is 1. The molecule has 0 saturated carbocycles. The van der Waals surface area contributed by atoms with Crippen LogP contribution in [0.3, 0.4) is 0 Å². The van der Waals surface area contributed by atoms with E-state index >= 15 is 0 Å². The van der Waals surface area contributed by atoms with E-state index in [1.54, 1.807) is 24.6 Å². The number of rotatable bonds is 6. The lowest BCUT2D eigenvalue weighted by Crippen LogP contribution is -2.19. The van der Waals surface area contributed by atoms with Gasteiger partial charge in [-0.25, -0.2) is 4.98 Å². The molecule has 0 radical (unpaired) electrons. The Bertz CT molecular complexity index is 594. The molecule has 4 nitrogen and oxygen atoms in total. The van der Waals surface area contributed by atoms with E-state index < -0.39 is 11.9 Å². The molecule has 0 fully saturated rings. The van der Waals surface area contributed by atoms with E-state index in [2.05, 4.69) is 4.98 Å². The van der Waals surface area contributed by atoms with Crippen molar-refractivity contribution in [3.63, 3.8) is 0 Å². The van der Waals surface area contributed by atoms with Gasteiger partial charge in [0.05, 0.1) is 18.0 Å². The number of thiazole rings is 1. The minimum absolute atomic E-state index is 0.455. The normalized spacial score (nSPS) is 12.1. The Morgan fingerprint density at radius 3 is 2.75 bits per heavy atom. The molecule has 0 bridgehead atoms. The highest BCUT2D eigenvalue weighted by molar-refractivity contribution is 7.11. The van der Waals surface area contributed by atoms with Crippen molar-refractivity contribution in [1.82, 2.24) is 4.98 Å². The molecular weight excluding hydrogens is 274 g/mol. The minimum atomic E-state index is -0.790. The lowest BCUT2D eigenvalue weighted by atomic mass is 9.95. The molecule has 2 aromatic rings. The number of hydrogen-bond acceptors (Lipinski definition) is 4. The van der Waals surface area contributed by atoms with Crippen LogP contribution in [-0.4, -0.2) is 23.2 Å². The van der Waals surface area contributed by atoms with Crippen molar-refractivity contribution < 1.29 is 14.6 Å². The van der Waals surface area contributed by atoms with Crippen molar-refractivity contribution in [2.45, 2.75) is 19.8 Å². The van der Waals surface area contributed by atoms with E-state index in [0.717, 1.165) is 21.2 Å². The molecule has 0 aliphatic heterocycles. The molecule has 1 aromatic carbocycles. The summed E-state index contributed by atoms with van der Waals surface area (Å²) in [5, 5.41) is 10.4. The van der Waals surface area contributed by atoms with Gasteiger partial charge in [-0.3, -0.25) is 4.79 Å². The van der Waals surface area contributed by atoms with E-state index in [-0.39, 0.29) is 0 Å². The number of methoxy groups -OCH3 is 1. The molecule has 1 N–H and O–H groups in total. The first-order valence-electron chi connectivity index (χ1n) is 6.36. The number of aryl methyl sites for hydroxylation is 1. The molecule has 2 rings (SSSR count). The first-order chi connectivity index (χ1) is 9.60. The average Bonchev–Trinajstić information content (AvgIpc) is 2.84. The van der Waals surface area contributed by atoms with Crippen molar-refractivity contribution >= 4 is 17.3 Å². The fourth-order valence-electron chi connectivity index (χ4n) is 2.13. The van der Waals surface area contributed by atoms with Gasteiger partial charge in [0.15, 0.2) is 0 Å². The topological polar surface area (TPSA) is 59.4 Å². The second-order valence-corrected chi connectivity index (χ2v) is 5.92. The van der Waals surface area contributed by atoms with Crippen LogP contribution in [0.1, 0.15) is 15.4 Å². The maximum absolute atomic E-state index is 11.5. The summed E-state index contributed by atoms with van der Waals surface area (Å²) in [6.07, 6.45) is 2.72.